The van der Waals surface area contributed by atoms with Crippen molar-refractivity contribution in [3.63, 3.8) is 0 Å². The molecular formula is C25H21Cl2F3N2O4. The number of benzene rings is 3. The third-order valence-corrected chi connectivity index (χ3v) is 6.52. The first-order valence-electron chi connectivity index (χ1n) is 10.6. The van der Waals surface area contributed by atoms with Crippen LogP contribution in [0.5, 0.6) is 5.75 Å². The zero-order chi connectivity index (χ0) is 26.3. The molecule has 0 aliphatic carbocycles. The number of hydrogen-bond acceptors (Lipinski definition) is 4. The smallest absolute Gasteiger partial charge is 0.406 e. The molecule has 1 fully saturated rings. The number of hydrogen-bond donors (Lipinski definition) is 1. The lowest BCUT2D eigenvalue weighted by Crippen LogP contribution is -2.60. The highest BCUT2D eigenvalue weighted by molar-refractivity contribution is 6.31. The number of urea groups is 1. The van der Waals surface area contributed by atoms with E-state index in [0.717, 1.165) is 17.0 Å². The van der Waals surface area contributed by atoms with E-state index >= 15 is 0 Å². The van der Waals surface area contributed by atoms with Crippen LogP contribution in [0.1, 0.15) is 12.5 Å². The number of rotatable bonds is 6. The van der Waals surface area contributed by atoms with Crippen LogP contribution in [-0.4, -0.2) is 36.8 Å². The maximum atomic E-state index is 14.0. The number of anilines is 2. The highest BCUT2D eigenvalue weighted by Crippen LogP contribution is 2.51. The van der Waals surface area contributed by atoms with Crippen molar-refractivity contribution < 1.29 is 32.5 Å². The molecule has 0 saturated carbocycles. The summed E-state index contributed by atoms with van der Waals surface area (Å²) in [5.74, 6) is -0.554. The summed E-state index contributed by atoms with van der Waals surface area (Å²) in [6, 6.07) is 16.7. The molecule has 1 aliphatic heterocycles. The molecular weight excluding hydrogens is 520 g/mol. The molecule has 2 atom stereocenters. The quantitative estimate of drug-likeness (QED) is 0.383. The fourth-order valence-electron chi connectivity index (χ4n) is 4.52. The summed E-state index contributed by atoms with van der Waals surface area (Å²) in [5.41, 5.74) is -3.14. The summed E-state index contributed by atoms with van der Waals surface area (Å²) >= 11 is 12.1. The van der Waals surface area contributed by atoms with Gasteiger partial charge in [-0.1, -0.05) is 35.3 Å². The Kier molecular flexibility index (Phi) is 6.87. The van der Waals surface area contributed by atoms with Crippen LogP contribution >= 0.6 is 23.2 Å². The largest absolute Gasteiger partial charge is 0.573 e. The van der Waals surface area contributed by atoms with Gasteiger partial charge in [0.25, 0.3) is 0 Å². The molecule has 1 saturated heterocycles. The molecule has 0 bridgehead atoms. The molecule has 190 valence electrons. The van der Waals surface area contributed by atoms with Crippen LogP contribution in [-0.2, 0) is 10.5 Å². The van der Waals surface area contributed by atoms with Crippen LogP contribution in [0, 0.1) is 0 Å². The van der Waals surface area contributed by atoms with Gasteiger partial charge in [0.15, 0.2) is 5.72 Å². The van der Waals surface area contributed by atoms with Crippen molar-refractivity contribution in [1.29, 1.82) is 0 Å². The summed E-state index contributed by atoms with van der Waals surface area (Å²) in [6.07, 6.45) is -4.95. The molecule has 36 heavy (non-hydrogen) atoms. The van der Waals surface area contributed by atoms with Crippen molar-refractivity contribution in [2.75, 3.05) is 23.5 Å². The Morgan fingerprint density at radius 3 is 1.94 bits per heavy atom. The van der Waals surface area contributed by atoms with E-state index in [1.807, 2.05) is 0 Å². The molecule has 3 aromatic rings. The van der Waals surface area contributed by atoms with E-state index in [9.17, 15) is 23.1 Å². The van der Waals surface area contributed by atoms with Gasteiger partial charge in [-0.3, -0.25) is 9.80 Å². The van der Waals surface area contributed by atoms with Gasteiger partial charge in [-0.25, -0.2) is 4.79 Å². The van der Waals surface area contributed by atoms with Gasteiger partial charge < -0.3 is 14.6 Å². The van der Waals surface area contributed by atoms with Crippen molar-refractivity contribution in [2.45, 2.75) is 24.6 Å². The minimum Gasteiger partial charge on any atom is -0.406 e. The molecule has 6 nitrogen and oxygen atoms in total. The Balaban J connectivity index is 1.98. The van der Waals surface area contributed by atoms with Crippen LogP contribution in [0.4, 0.5) is 29.3 Å². The SMILES string of the molecule is COC[C@@]1(C)N(c2ccc(Cl)cc2)C(=O)N(c2ccc(Cl)cc2)[C@]1(O)c1cccc(OC(F)(F)F)c1. The third-order valence-electron chi connectivity index (χ3n) is 6.02. The summed E-state index contributed by atoms with van der Waals surface area (Å²) in [6.45, 7) is 1.39. The second kappa shape index (κ2) is 9.48. The van der Waals surface area contributed by atoms with Gasteiger partial charge in [0.2, 0.25) is 0 Å². The molecule has 2 amide bonds. The third kappa shape index (κ3) is 4.48. The topological polar surface area (TPSA) is 62.2 Å². The van der Waals surface area contributed by atoms with Crippen LogP contribution in [0.25, 0.3) is 0 Å². The molecule has 0 unspecified atom stereocenters. The minimum absolute atomic E-state index is 0.0245. The second-order valence-corrected chi connectivity index (χ2v) is 9.23. The van der Waals surface area contributed by atoms with Crippen molar-refractivity contribution in [3.8, 4) is 5.75 Å². The maximum Gasteiger partial charge on any atom is 0.573 e. The van der Waals surface area contributed by atoms with E-state index < -0.39 is 29.4 Å². The van der Waals surface area contributed by atoms with Gasteiger partial charge in [-0.05, 0) is 67.6 Å². The van der Waals surface area contributed by atoms with Crippen molar-refractivity contribution in [1.82, 2.24) is 0 Å². The van der Waals surface area contributed by atoms with E-state index in [1.54, 1.807) is 31.2 Å². The number of amides is 2. The highest BCUT2D eigenvalue weighted by atomic mass is 35.5. The second-order valence-electron chi connectivity index (χ2n) is 8.36. The molecule has 11 heteroatoms. The first kappa shape index (κ1) is 26.1. The normalized spacial score (nSPS) is 22.3. The van der Waals surface area contributed by atoms with E-state index in [2.05, 4.69) is 4.74 Å². The van der Waals surface area contributed by atoms with Gasteiger partial charge >= 0.3 is 12.4 Å². The lowest BCUT2D eigenvalue weighted by Gasteiger charge is -2.44. The first-order valence-corrected chi connectivity index (χ1v) is 11.4. The van der Waals surface area contributed by atoms with Gasteiger partial charge in [0.1, 0.15) is 11.3 Å². The molecule has 1 N–H and O–H groups in total. The maximum absolute atomic E-state index is 14.0. The Hall–Kier alpha value is -2.98. The van der Waals surface area contributed by atoms with E-state index in [-0.39, 0.29) is 17.9 Å². The average Bonchev–Trinajstić information content (AvgIpc) is 2.98. The Morgan fingerprint density at radius 2 is 1.44 bits per heavy atom. The van der Waals surface area contributed by atoms with E-state index in [0.29, 0.717) is 15.7 Å². The number of alkyl halides is 3. The number of methoxy groups -OCH3 is 1. The van der Waals surface area contributed by atoms with Crippen LogP contribution < -0.4 is 14.5 Å². The van der Waals surface area contributed by atoms with Gasteiger partial charge in [0.05, 0.1) is 6.61 Å². The predicted molar refractivity (Wildman–Crippen MR) is 131 cm³/mol. The lowest BCUT2D eigenvalue weighted by molar-refractivity contribution is -0.274. The molecule has 1 heterocycles. The molecule has 0 radical (unpaired) electrons. The standard InChI is InChI=1S/C25H21Cl2F3N2O4/c1-23(15-35-2)24(34,16-4-3-5-21(14-16)36-25(28,29)30)32(20-12-8-18(27)9-13-20)22(33)31(23)19-10-6-17(26)7-11-19/h3-14,34H,15H2,1-2H3/t23-,24+/m1/s1. The zero-order valence-electron chi connectivity index (χ0n) is 19.1. The van der Waals surface area contributed by atoms with Gasteiger partial charge in [0, 0.05) is 34.1 Å². The monoisotopic (exact) mass is 540 g/mol. The Morgan fingerprint density at radius 1 is 0.917 bits per heavy atom. The molecule has 0 spiro atoms. The summed E-state index contributed by atoms with van der Waals surface area (Å²) in [4.78, 5) is 16.5. The van der Waals surface area contributed by atoms with Gasteiger partial charge in [-0.15, -0.1) is 13.2 Å². The molecule has 4 rings (SSSR count). The minimum atomic E-state index is -4.95. The predicted octanol–water partition coefficient (Wildman–Crippen LogP) is 6.59. The first-order chi connectivity index (χ1) is 16.9. The number of nitrogens with zero attached hydrogens (tertiary/aromatic N) is 2. The van der Waals surface area contributed by atoms with Crippen LogP contribution in [0.15, 0.2) is 72.8 Å². The summed E-state index contributed by atoms with van der Waals surface area (Å²) < 4.78 is 48.5. The number of aliphatic hydroxyl groups is 1. The Labute approximate surface area is 215 Å². The zero-order valence-corrected chi connectivity index (χ0v) is 20.6. The Bertz CT molecular complexity index is 1260. The van der Waals surface area contributed by atoms with Crippen molar-refractivity contribution in [2.24, 2.45) is 0 Å². The fraction of sp³-hybridized carbons (Fsp3) is 0.240. The van der Waals surface area contributed by atoms with Gasteiger partial charge in [-0.2, -0.15) is 0 Å². The lowest BCUT2D eigenvalue weighted by atomic mass is 9.82. The molecule has 1 aliphatic rings. The number of halogens is 5. The van der Waals surface area contributed by atoms with Crippen LogP contribution in [0.3, 0.4) is 0 Å². The summed E-state index contributed by atoms with van der Waals surface area (Å²) in [7, 11) is 1.39. The van der Waals surface area contributed by atoms with E-state index in [4.69, 9.17) is 27.9 Å². The number of carbonyl (C=O) groups is 1. The molecule has 3 aromatic carbocycles. The number of carbonyl (C=O) groups excluding carboxylic acids is 1. The summed E-state index contributed by atoms with van der Waals surface area (Å²) in [5, 5.41) is 13.3. The van der Waals surface area contributed by atoms with E-state index in [1.165, 1.54) is 48.4 Å². The highest BCUT2D eigenvalue weighted by Gasteiger charge is 2.66. The average molecular weight is 541 g/mol. The fourth-order valence-corrected chi connectivity index (χ4v) is 4.77. The number of ether oxygens (including phenoxy) is 2. The van der Waals surface area contributed by atoms with Crippen molar-refractivity contribution in [3.05, 3.63) is 88.4 Å². The van der Waals surface area contributed by atoms with Crippen molar-refractivity contribution >= 4 is 40.6 Å². The molecule has 0 aromatic heterocycles. The van der Waals surface area contributed by atoms with Crippen LogP contribution in [0.2, 0.25) is 10.0 Å².